The van der Waals surface area contributed by atoms with Gasteiger partial charge in [0.25, 0.3) is 0 Å². The second-order valence-corrected chi connectivity index (χ2v) is 6.05. The van der Waals surface area contributed by atoms with Gasteiger partial charge in [0.2, 0.25) is 0 Å². The summed E-state index contributed by atoms with van der Waals surface area (Å²) in [5.74, 6) is -2.95. The van der Waals surface area contributed by atoms with E-state index in [9.17, 15) is 19.8 Å². The lowest BCUT2D eigenvalue weighted by atomic mass is 9.79. The minimum absolute atomic E-state index is 0.0658. The van der Waals surface area contributed by atoms with Crippen LogP contribution in [0, 0.1) is 0 Å². The Morgan fingerprint density at radius 1 is 1.17 bits per heavy atom. The molecule has 7 heteroatoms. The van der Waals surface area contributed by atoms with Gasteiger partial charge in [-0.1, -0.05) is 35.3 Å². The lowest BCUT2D eigenvalue weighted by Crippen LogP contribution is -2.29. The number of dihydropyridines is 1. The summed E-state index contributed by atoms with van der Waals surface area (Å²) in [6.45, 7) is 3.35. The van der Waals surface area contributed by atoms with Crippen molar-refractivity contribution in [2.45, 2.75) is 26.2 Å². The maximum Gasteiger partial charge on any atom is 0.334 e. The number of allylic oxidation sites excluding steroid dienone is 2. The minimum Gasteiger partial charge on any atom is -0.481 e. The highest BCUT2D eigenvalue weighted by Gasteiger charge is 2.35. The Balaban J connectivity index is 2.72. The van der Waals surface area contributed by atoms with E-state index in [0.717, 1.165) is 0 Å². The van der Waals surface area contributed by atoms with Crippen LogP contribution in [0.1, 0.15) is 31.7 Å². The van der Waals surface area contributed by atoms with E-state index in [-0.39, 0.29) is 22.0 Å². The van der Waals surface area contributed by atoms with Gasteiger partial charge in [-0.15, -0.1) is 0 Å². The van der Waals surface area contributed by atoms with E-state index >= 15 is 0 Å². The average molecular weight is 356 g/mol. The Kier molecular flexibility index (Phi) is 5.02. The van der Waals surface area contributed by atoms with Crippen molar-refractivity contribution in [1.29, 1.82) is 0 Å². The highest BCUT2D eigenvalue weighted by Crippen LogP contribution is 2.43. The standard InChI is InChI=1S/C16H15Cl2NO4/c1-7-10(6-12(20)21)14(13(16(22)23)8(2)19-7)9-4-3-5-11(17)15(9)18/h3-5,14,19H,6H2,1-2H3,(H,20,21)(H,22,23)/t14-/m0/s1. The molecule has 23 heavy (non-hydrogen) atoms. The molecule has 1 heterocycles. The molecule has 0 fully saturated rings. The molecular weight excluding hydrogens is 341 g/mol. The quantitative estimate of drug-likeness (QED) is 0.764. The molecule has 0 unspecified atom stereocenters. The number of aliphatic carboxylic acids is 2. The van der Waals surface area contributed by atoms with Crippen LogP contribution in [-0.2, 0) is 9.59 Å². The third-order valence-corrected chi connectivity index (χ3v) is 4.60. The molecule has 0 aromatic heterocycles. The molecule has 3 N–H and O–H groups in total. The summed E-state index contributed by atoms with van der Waals surface area (Å²) in [7, 11) is 0. The number of hydrogen-bond donors (Lipinski definition) is 3. The van der Waals surface area contributed by atoms with Crippen LogP contribution in [0.3, 0.4) is 0 Å². The second-order valence-electron chi connectivity index (χ2n) is 5.27. The lowest BCUT2D eigenvalue weighted by molar-refractivity contribution is -0.137. The normalized spacial score (nSPS) is 18.0. The topological polar surface area (TPSA) is 86.6 Å². The van der Waals surface area contributed by atoms with Crippen LogP contribution in [0.25, 0.3) is 0 Å². The molecule has 0 bridgehead atoms. The van der Waals surface area contributed by atoms with Crippen LogP contribution in [-0.4, -0.2) is 22.2 Å². The van der Waals surface area contributed by atoms with Gasteiger partial charge in [0.1, 0.15) is 0 Å². The van der Waals surface area contributed by atoms with Crippen molar-refractivity contribution in [2.75, 3.05) is 0 Å². The zero-order valence-electron chi connectivity index (χ0n) is 12.5. The molecule has 2 rings (SSSR count). The van der Waals surface area contributed by atoms with Gasteiger partial charge in [-0.25, -0.2) is 4.79 Å². The molecule has 0 spiro atoms. The van der Waals surface area contributed by atoms with Crippen molar-refractivity contribution in [2.24, 2.45) is 0 Å². The average Bonchev–Trinajstić information content (AvgIpc) is 2.44. The molecule has 1 aromatic rings. The summed E-state index contributed by atoms with van der Waals surface area (Å²) in [5.41, 5.74) is 2.05. The minimum atomic E-state index is -1.13. The summed E-state index contributed by atoms with van der Waals surface area (Å²) in [6.07, 6.45) is -0.295. The zero-order chi connectivity index (χ0) is 17.3. The molecule has 122 valence electrons. The van der Waals surface area contributed by atoms with E-state index in [1.54, 1.807) is 32.0 Å². The SMILES string of the molecule is CC1=C(CC(=O)O)[C@H](c2cccc(Cl)c2Cl)C(C(=O)O)=C(C)N1. The maximum absolute atomic E-state index is 11.7. The molecule has 1 aliphatic rings. The maximum atomic E-state index is 11.7. The number of rotatable bonds is 4. The van der Waals surface area contributed by atoms with Gasteiger partial charge < -0.3 is 15.5 Å². The zero-order valence-corrected chi connectivity index (χ0v) is 14.0. The van der Waals surface area contributed by atoms with E-state index in [0.29, 0.717) is 22.5 Å². The third kappa shape index (κ3) is 3.35. The summed E-state index contributed by atoms with van der Waals surface area (Å²) in [6, 6.07) is 4.92. The monoisotopic (exact) mass is 355 g/mol. The Morgan fingerprint density at radius 3 is 2.39 bits per heavy atom. The van der Waals surface area contributed by atoms with Gasteiger partial charge in [0.05, 0.1) is 22.0 Å². The molecule has 0 aliphatic carbocycles. The second kappa shape index (κ2) is 6.64. The number of carboxylic acid groups (broad SMARTS) is 2. The van der Waals surface area contributed by atoms with Crippen molar-refractivity contribution in [3.63, 3.8) is 0 Å². The van der Waals surface area contributed by atoms with Crippen molar-refractivity contribution in [3.05, 3.63) is 56.3 Å². The van der Waals surface area contributed by atoms with Gasteiger partial charge in [-0.2, -0.15) is 0 Å². The fourth-order valence-electron chi connectivity index (χ4n) is 2.80. The van der Waals surface area contributed by atoms with E-state index in [2.05, 4.69) is 5.32 Å². The number of nitrogens with one attached hydrogen (secondary N) is 1. The van der Waals surface area contributed by atoms with E-state index in [4.69, 9.17) is 23.2 Å². The van der Waals surface area contributed by atoms with Crippen LogP contribution >= 0.6 is 23.2 Å². The molecule has 5 nitrogen and oxygen atoms in total. The molecule has 0 saturated carbocycles. The Hall–Kier alpha value is -1.98. The van der Waals surface area contributed by atoms with Gasteiger partial charge in [0.15, 0.2) is 0 Å². The first-order valence-electron chi connectivity index (χ1n) is 6.80. The number of halogens is 2. The van der Waals surface area contributed by atoms with Gasteiger partial charge in [-0.3, -0.25) is 4.79 Å². The van der Waals surface area contributed by atoms with Crippen molar-refractivity contribution < 1.29 is 19.8 Å². The van der Waals surface area contributed by atoms with Gasteiger partial charge in [0, 0.05) is 17.3 Å². The van der Waals surface area contributed by atoms with Crippen LogP contribution in [0.2, 0.25) is 10.0 Å². The number of benzene rings is 1. The van der Waals surface area contributed by atoms with Crippen LogP contribution in [0.15, 0.2) is 40.7 Å². The fourth-order valence-corrected chi connectivity index (χ4v) is 3.22. The Morgan fingerprint density at radius 2 is 1.83 bits per heavy atom. The fraction of sp³-hybridized carbons (Fsp3) is 0.250. The van der Waals surface area contributed by atoms with Crippen molar-refractivity contribution in [3.8, 4) is 0 Å². The molecule has 0 radical (unpaired) electrons. The van der Waals surface area contributed by atoms with Crippen LogP contribution < -0.4 is 5.32 Å². The van der Waals surface area contributed by atoms with Gasteiger partial charge in [-0.05, 0) is 31.1 Å². The molecule has 0 amide bonds. The lowest BCUT2D eigenvalue weighted by Gasteiger charge is -2.31. The van der Waals surface area contributed by atoms with E-state index < -0.39 is 17.9 Å². The number of hydrogen-bond acceptors (Lipinski definition) is 3. The number of carbonyl (C=O) groups is 2. The molecule has 1 atom stereocenters. The predicted octanol–water partition coefficient (Wildman–Crippen LogP) is 3.79. The van der Waals surface area contributed by atoms with Crippen molar-refractivity contribution >= 4 is 35.1 Å². The summed E-state index contributed by atoms with van der Waals surface area (Å²) in [4.78, 5) is 23.0. The predicted molar refractivity (Wildman–Crippen MR) is 87.6 cm³/mol. The number of carboxylic acids is 2. The summed E-state index contributed by atoms with van der Waals surface area (Å²) >= 11 is 12.3. The third-order valence-electron chi connectivity index (χ3n) is 3.76. The molecule has 1 aromatic carbocycles. The first-order chi connectivity index (χ1) is 10.7. The summed E-state index contributed by atoms with van der Waals surface area (Å²) in [5, 5.41) is 22.2. The van der Waals surface area contributed by atoms with Crippen LogP contribution in [0.4, 0.5) is 0 Å². The smallest absolute Gasteiger partial charge is 0.334 e. The van der Waals surface area contributed by atoms with E-state index in [1.807, 2.05) is 0 Å². The molecule has 1 aliphatic heterocycles. The van der Waals surface area contributed by atoms with Crippen LogP contribution in [0.5, 0.6) is 0 Å². The van der Waals surface area contributed by atoms with E-state index in [1.165, 1.54) is 0 Å². The largest absolute Gasteiger partial charge is 0.481 e. The Bertz CT molecular complexity index is 752. The first kappa shape index (κ1) is 17.4. The van der Waals surface area contributed by atoms with Gasteiger partial charge >= 0.3 is 11.9 Å². The molecule has 0 saturated heterocycles. The first-order valence-corrected chi connectivity index (χ1v) is 7.56. The highest BCUT2D eigenvalue weighted by atomic mass is 35.5. The van der Waals surface area contributed by atoms with Crippen molar-refractivity contribution in [1.82, 2.24) is 5.32 Å². The Labute approximate surface area is 143 Å². The molecular formula is C16H15Cl2NO4. The summed E-state index contributed by atoms with van der Waals surface area (Å²) < 4.78 is 0. The highest BCUT2D eigenvalue weighted by molar-refractivity contribution is 6.42.